The second kappa shape index (κ2) is 10.0. The van der Waals surface area contributed by atoms with Crippen molar-refractivity contribution in [3.05, 3.63) is 65.0 Å². The van der Waals surface area contributed by atoms with Gasteiger partial charge in [-0.25, -0.2) is 17.2 Å². The van der Waals surface area contributed by atoms with Crippen LogP contribution >= 0.6 is 0 Å². The molecule has 5 nitrogen and oxygen atoms in total. The summed E-state index contributed by atoms with van der Waals surface area (Å²) in [6.45, 7) is 2.19. The number of hydrogen-bond donors (Lipinski definition) is 2. The SMILES string of the molecule is CC(F)(c1ccc2c(c1)CC[C@H]1[C@H](C(=O)N[C@H]3CC[C@](C)(O)CC3)CC[C@@]21S(=O)(=O)c1ccc(F)cc1)C(F)(F)F. The Balaban J connectivity index is 1.56. The second-order valence-corrected chi connectivity index (χ2v) is 14.5. The van der Waals surface area contributed by atoms with Crippen LogP contribution in [0.1, 0.15) is 75.5 Å². The number of hydrogen-bond acceptors (Lipinski definition) is 4. The molecule has 3 aliphatic rings. The zero-order chi connectivity index (χ0) is 30.0. The normalized spacial score (nSPS) is 31.6. The Morgan fingerprint density at radius 3 is 2.22 bits per heavy atom. The molecule has 41 heavy (non-hydrogen) atoms. The van der Waals surface area contributed by atoms with Gasteiger partial charge in [0.15, 0.2) is 9.84 Å². The van der Waals surface area contributed by atoms with Gasteiger partial charge in [-0.2, -0.15) is 13.2 Å². The summed E-state index contributed by atoms with van der Waals surface area (Å²) in [5.74, 6) is -2.29. The molecule has 0 radical (unpaired) electrons. The van der Waals surface area contributed by atoms with Gasteiger partial charge < -0.3 is 10.4 Å². The topological polar surface area (TPSA) is 83.5 Å². The van der Waals surface area contributed by atoms with E-state index in [1.807, 2.05) is 0 Å². The summed E-state index contributed by atoms with van der Waals surface area (Å²) in [4.78, 5) is 13.4. The van der Waals surface area contributed by atoms with E-state index in [4.69, 9.17) is 0 Å². The number of aryl methyl sites for hydroxylation is 1. The number of aliphatic hydroxyl groups is 1. The lowest BCUT2D eigenvalue weighted by Gasteiger charge is -2.42. The number of carbonyl (C=O) groups excluding carboxylic acids is 1. The summed E-state index contributed by atoms with van der Waals surface area (Å²) in [6.07, 6.45) is -2.31. The third-order valence-electron chi connectivity index (χ3n) is 9.62. The number of rotatable bonds is 5. The number of nitrogens with one attached hydrogen (secondary N) is 1. The van der Waals surface area contributed by atoms with Gasteiger partial charge in [0, 0.05) is 12.0 Å². The highest BCUT2D eigenvalue weighted by molar-refractivity contribution is 7.92. The smallest absolute Gasteiger partial charge is 0.390 e. The lowest BCUT2D eigenvalue weighted by molar-refractivity contribution is -0.228. The minimum absolute atomic E-state index is 0.0351. The van der Waals surface area contributed by atoms with Crippen molar-refractivity contribution in [1.29, 1.82) is 0 Å². The molecule has 2 aromatic rings. The predicted octanol–water partition coefficient (Wildman–Crippen LogP) is 6.02. The third kappa shape index (κ3) is 4.96. The van der Waals surface area contributed by atoms with Gasteiger partial charge in [0.25, 0.3) is 0 Å². The number of benzene rings is 2. The monoisotopic (exact) mass is 599 g/mol. The molecule has 0 aromatic heterocycles. The van der Waals surface area contributed by atoms with Gasteiger partial charge in [-0.3, -0.25) is 4.79 Å². The molecule has 0 saturated heterocycles. The number of alkyl halides is 4. The highest BCUT2D eigenvalue weighted by Crippen LogP contribution is 2.59. The molecule has 0 spiro atoms. The highest BCUT2D eigenvalue weighted by Gasteiger charge is 2.62. The van der Waals surface area contributed by atoms with E-state index in [0.29, 0.717) is 38.2 Å². The van der Waals surface area contributed by atoms with Crippen molar-refractivity contribution in [1.82, 2.24) is 5.32 Å². The van der Waals surface area contributed by atoms with Crippen molar-refractivity contribution in [2.45, 2.75) is 98.3 Å². The molecule has 11 heteroatoms. The first-order valence-corrected chi connectivity index (χ1v) is 15.4. The van der Waals surface area contributed by atoms with Crippen LogP contribution in [0.2, 0.25) is 0 Å². The van der Waals surface area contributed by atoms with E-state index >= 15 is 0 Å². The van der Waals surface area contributed by atoms with Crippen molar-refractivity contribution in [3.8, 4) is 0 Å². The van der Waals surface area contributed by atoms with Crippen LogP contribution in [0, 0.1) is 17.7 Å². The van der Waals surface area contributed by atoms with Gasteiger partial charge >= 0.3 is 6.18 Å². The lowest BCUT2D eigenvalue weighted by Crippen LogP contribution is -2.49. The second-order valence-electron chi connectivity index (χ2n) is 12.3. The maximum absolute atomic E-state index is 14.9. The summed E-state index contributed by atoms with van der Waals surface area (Å²) in [6, 6.07) is 7.56. The van der Waals surface area contributed by atoms with Crippen molar-refractivity contribution in [2.24, 2.45) is 11.8 Å². The number of carbonyl (C=O) groups is 1. The van der Waals surface area contributed by atoms with Gasteiger partial charge in [0.1, 0.15) is 10.6 Å². The average molecular weight is 600 g/mol. The molecule has 2 N–H and O–H groups in total. The van der Waals surface area contributed by atoms with Crippen molar-refractivity contribution in [2.75, 3.05) is 0 Å². The first-order chi connectivity index (χ1) is 19.0. The van der Waals surface area contributed by atoms with E-state index in [1.165, 1.54) is 6.07 Å². The first kappa shape index (κ1) is 29.9. The number of fused-ring (bicyclic) bond motifs is 3. The molecule has 4 atom stereocenters. The lowest BCUT2D eigenvalue weighted by atomic mass is 9.72. The Kier molecular flexibility index (Phi) is 7.33. The fraction of sp³-hybridized carbons (Fsp3) is 0.567. The quantitative estimate of drug-likeness (QED) is 0.325. The molecule has 5 rings (SSSR count). The predicted molar refractivity (Wildman–Crippen MR) is 142 cm³/mol. The Bertz CT molecular complexity index is 1430. The summed E-state index contributed by atoms with van der Waals surface area (Å²) in [5, 5.41) is 13.3. The Morgan fingerprint density at radius 2 is 1.61 bits per heavy atom. The van der Waals surface area contributed by atoms with E-state index in [9.17, 15) is 40.3 Å². The largest absolute Gasteiger partial charge is 0.426 e. The zero-order valence-electron chi connectivity index (χ0n) is 22.9. The molecule has 2 saturated carbocycles. The maximum atomic E-state index is 14.9. The minimum atomic E-state index is -5.17. The van der Waals surface area contributed by atoms with E-state index in [-0.39, 0.29) is 48.1 Å². The molecule has 1 unspecified atom stereocenters. The molecular weight excluding hydrogens is 565 g/mol. The van der Waals surface area contributed by atoms with Crippen LogP contribution in [-0.2, 0) is 31.5 Å². The first-order valence-electron chi connectivity index (χ1n) is 13.9. The highest BCUT2D eigenvalue weighted by atomic mass is 32.2. The summed E-state index contributed by atoms with van der Waals surface area (Å²) >= 11 is 0. The van der Waals surface area contributed by atoms with Gasteiger partial charge in [0.2, 0.25) is 11.6 Å². The number of amides is 1. The fourth-order valence-corrected chi connectivity index (χ4v) is 9.61. The molecule has 0 bridgehead atoms. The van der Waals surface area contributed by atoms with Crippen LogP contribution in [0.25, 0.3) is 0 Å². The summed E-state index contributed by atoms with van der Waals surface area (Å²) in [5.41, 5.74) is -4.47. The van der Waals surface area contributed by atoms with E-state index < -0.39 is 55.2 Å². The number of halogens is 5. The van der Waals surface area contributed by atoms with Gasteiger partial charge in [-0.15, -0.1) is 0 Å². The average Bonchev–Trinajstić information content (AvgIpc) is 3.31. The Labute approximate surface area is 236 Å². The van der Waals surface area contributed by atoms with Crippen LogP contribution in [-0.4, -0.2) is 37.3 Å². The molecule has 0 heterocycles. The van der Waals surface area contributed by atoms with Crippen LogP contribution in [0.4, 0.5) is 22.0 Å². The molecule has 2 fully saturated rings. The van der Waals surface area contributed by atoms with E-state index in [0.717, 1.165) is 36.4 Å². The molecule has 0 aliphatic heterocycles. The summed E-state index contributed by atoms with van der Waals surface area (Å²) < 4.78 is 96.3. The van der Waals surface area contributed by atoms with Crippen LogP contribution < -0.4 is 5.32 Å². The molecule has 3 aliphatic carbocycles. The van der Waals surface area contributed by atoms with Gasteiger partial charge in [-0.05, 0) is 112 Å². The molecule has 2 aromatic carbocycles. The van der Waals surface area contributed by atoms with Gasteiger partial charge in [0.05, 0.1) is 10.5 Å². The van der Waals surface area contributed by atoms with Crippen LogP contribution in [0.5, 0.6) is 0 Å². The van der Waals surface area contributed by atoms with Crippen LogP contribution in [0.3, 0.4) is 0 Å². The Morgan fingerprint density at radius 1 is 0.976 bits per heavy atom. The van der Waals surface area contributed by atoms with E-state index in [1.54, 1.807) is 6.92 Å². The van der Waals surface area contributed by atoms with E-state index in [2.05, 4.69) is 5.32 Å². The van der Waals surface area contributed by atoms with Crippen molar-refractivity contribution in [3.63, 3.8) is 0 Å². The maximum Gasteiger partial charge on any atom is 0.426 e. The zero-order valence-corrected chi connectivity index (χ0v) is 23.7. The summed E-state index contributed by atoms with van der Waals surface area (Å²) in [7, 11) is -4.28. The van der Waals surface area contributed by atoms with Crippen molar-refractivity contribution < 1.29 is 40.3 Å². The third-order valence-corrected chi connectivity index (χ3v) is 12.2. The molecule has 1 amide bonds. The molecule has 224 valence electrons. The van der Waals surface area contributed by atoms with Crippen LogP contribution in [0.15, 0.2) is 47.4 Å². The minimum Gasteiger partial charge on any atom is -0.390 e. The standard InChI is InChI=1S/C30H34F5NO4S/c1-27(38)14-11-21(12-15-27)36-26(37)23-13-16-29(41(39,40)22-7-5-20(31)6-8-22)24-10-4-19(28(2,32)30(33,34)35)17-18(24)3-9-25(23)29/h4-8,10,17,21,23,25,38H,3,9,11-16H2,1-2H3,(H,36,37)/t21-,23-,25+,27-,28?,29-/m1/s1. The van der Waals surface area contributed by atoms with Crippen molar-refractivity contribution >= 4 is 15.7 Å². The van der Waals surface area contributed by atoms with Gasteiger partial charge in [-0.1, -0.05) is 18.2 Å². The molecular formula is C30H34F5NO4S. The fourth-order valence-electron chi connectivity index (χ4n) is 7.14. The number of sulfone groups is 1. The Hall–Kier alpha value is -2.53.